The summed E-state index contributed by atoms with van der Waals surface area (Å²) in [6.45, 7) is -0.644. The molecule has 142 valence electrons. The van der Waals surface area contributed by atoms with Gasteiger partial charge in [-0.25, -0.2) is 4.79 Å². The summed E-state index contributed by atoms with van der Waals surface area (Å²) in [5, 5.41) is 13.9. The minimum Gasteiger partial charge on any atom is -0.490 e. The van der Waals surface area contributed by atoms with Crippen LogP contribution in [0.1, 0.15) is 10.4 Å². The minimum absolute atomic E-state index is 0.0106. The molecule has 0 fully saturated rings. The average Bonchev–Trinajstić information content (AvgIpc) is 2.63. The number of anilines is 1. The van der Waals surface area contributed by atoms with Gasteiger partial charge in [0.15, 0.2) is 12.4 Å². The lowest BCUT2D eigenvalue weighted by Gasteiger charge is -2.09. The second-order valence-corrected chi connectivity index (χ2v) is 6.24. The van der Waals surface area contributed by atoms with Crippen LogP contribution in [0.25, 0.3) is 0 Å². The Kier molecular flexibility index (Phi) is 6.84. The highest BCUT2D eigenvalue weighted by Crippen LogP contribution is 2.32. The van der Waals surface area contributed by atoms with Crippen molar-refractivity contribution in [2.24, 2.45) is 0 Å². The molecule has 0 aliphatic heterocycles. The average molecular weight is 434 g/mol. The highest BCUT2D eigenvalue weighted by Gasteiger charge is 2.19. The Labute approximate surface area is 168 Å². The predicted octanol–water partition coefficient (Wildman–Crippen LogP) is 4.36. The molecule has 0 unspecified atom stereocenters. The fourth-order valence-corrected chi connectivity index (χ4v) is 2.57. The number of nitrogens with zero attached hydrogens (tertiary/aromatic N) is 1. The van der Waals surface area contributed by atoms with Crippen LogP contribution < -0.4 is 10.1 Å². The number of esters is 1. The van der Waals surface area contributed by atoms with Gasteiger partial charge in [0, 0.05) is 6.07 Å². The van der Waals surface area contributed by atoms with Gasteiger partial charge >= 0.3 is 11.7 Å². The number of hydrogen-bond donors (Lipinski definition) is 1. The molecule has 11 heteroatoms. The van der Waals surface area contributed by atoms with Crippen LogP contribution in [0.3, 0.4) is 0 Å². The molecule has 1 amide bonds. The molecule has 0 bridgehead atoms. The third kappa shape index (κ3) is 5.22. The summed E-state index contributed by atoms with van der Waals surface area (Å²) >= 11 is 17.6. The van der Waals surface area contributed by atoms with E-state index >= 15 is 0 Å². The van der Waals surface area contributed by atoms with Crippen molar-refractivity contribution in [1.29, 1.82) is 0 Å². The summed E-state index contributed by atoms with van der Waals surface area (Å²) in [6.07, 6.45) is 0. The second kappa shape index (κ2) is 8.90. The summed E-state index contributed by atoms with van der Waals surface area (Å²) in [5.41, 5.74) is -0.325. The van der Waals surface area contributed by atoms with Crippen LogP contribution in [-0.2, 0) is 9.53 Å². The maximum absolute atomic E-state index is 12.0. The molecular weight excluding hydrogens is 423 g/mol. The van der Waals surface area contributed by atoms with E-state index in [0.29, 0.717) is 0 Å². The van der Waals surface area contributed by atoms with E-state index in [-0.39, 0.29) is 32.1 Å². The minimum atomic E-state index is -0.920. The monoisotopic (exact) mass is 432 g/mol. The lowest BCUT2D eigenvalue weighted by atomic mass is 10.2. The number of hydrogen-bond acceptors (Lipinski definition) is 6. The van der Waals surface area contributed by atoms with Gasteiger partial charge in [-0.2, -0.15) is 0 Å². The Morgan fingerprint density at radius 1 is 1.11 bits per heavy atom. The molecule has 0 aromatic heterocycles. The van der Waals surface area contributed by atoms with Gasteiger partial charge < -0.3 is 14.8 Å². The highest BCUT2D eigenvalue weighted by atomic mass is 35.5. The van der Waals surface area contributed by atoms with E-state index in [1.165, 1.54) is 31.4 Å². The first-order valence-corrected chi connectivity index (χ1v) is 8.30. The van der Waals surface area contributed by atoms with Crippen LogP contribution in [0.5, 0.6) is 5.75 Å². The van der Waals surface area contributed by atoms with Crippen LogP contribution in [0.2, 0.25) is 15.1 Å². The molecule has 0 aliphatic rings. The molecule has 0 radical (unpaired) electrons. The molecule has 2 aromatic rings. The molecule has 0 saturated carbocycles. The molecular formula is C16H11Cl3N2O6. The Balaban J connectivity index is 2.03. The molecule has 27 heavy (non-hydrogen) atoms. The van der Waals surface area contributed by atoms with Crippen molar-refractivity contribution in [3.8, 4) is 5.75 Å². The number of rotatable bonds is 6. The molecule has 0 atom stereocenters. The lowest BCUT2D eigenvalue weighted by Crippen LogP contribution is -2.21. The standard InChI is InChI=1S/C16H11Cl3N2O6/c1-26-14-3-2-8(4-13(14)21(24)25)16(23)27-7-15(22)20-12-6-10(18)9(17)5-11(12)19/h2-6H,7H2,1H3,(H,20,22). The van der Waals surface area contributed by atoms with Crippen molar-refractivity contribution >= 4 is 58.1 Å². The van der Waals surface area contributed by atoms with Gasteiger partial charge in [-0.1, -0.05) is 34.8 Å². The smallest absolute Gasteiger partial charge is 0.338 e. The molecule has 0 saturated heterocycles. The normalized spacial score (nSPS) is 10.2. The second-order valence-electron chi connectivity index (χ2n) is 5.01. The van der Waals surface area contributed by atoms with Gasteiger partial charge in [-0.05, 0) is 24.3 Å². The first-order chi connectivity index (χ1) is 12.7. The number of nitro benzene ring substituents is 1. The molecule has 1 N–H and O–H groups in total. The van der Waals surface area contributed by atoms with Crippen molar-refractivity contribution in [2.75, 3.05) is 19.0 Å². The number of carbonyl (C=O) groups is 2. The van der Waals surface area contributed by atoms with Crippen molar-refractivity contribution in [1.82, 2.24) is 0 Å². The van der Waals surface area contributed by atoms with Crippen molar-refractivity contribution in [3.05, 3.63) is 61.1 Å². The van der Waals surface area contributed by atoms with Crippen LogP contribution >= 0.6 is 34.8 Å². The van der Waals surface area contributed by atoms with E-state index in [1.54, 1.807) is 0 Å². The number of amides is 1. The van der Waals surface area contributed by atoms with E-state index in [0.717, 1.165) is 6.07 Å². The fraction of sp³-hybridized carbons (Fsp3) is 0.125. The Morgan fingerprint density at radius 2 is 1.78 bits per heavy atom. The maximum Gasteiger partial charge on any atom is 0.338 e. The van der Waals surface area contributed by atoms with Gasteiger partial charge in [-0.3, -0.25) is 14.9 Å². The third-order valence-corrected chi connectivity index (χ3v) is 4.26. The summed E-state index contributed by atoms with van der Waals surface area (Å²) in [5.74, 6) is -1.62. The fourth-order valence-electron chi connectivity index (χ4n) is 1.98. The van der Waals surface area contributed by atoms with Crippen molar-refractivity contribution in [3.63, 3.8) is 0 Å². The highest BCUT2D eigenvalue weighted by molar-refractivity contribution is 6.44. The number of nitro groups is 1. The third-order valence-electron chi connectivity index (χ3n) is 3.23. The predicted molar refractivity (Wildman–Crippen MR) is 100 cm³/mol. The van der Waals surface area contributed by atoms with E-state index < -0.39 is 29.1 Å². The van der Waals surface area contributed by atoms with Crippen LogP contribution in [0.4, 0.5) is 11.4 Å². The Morgan fingerprint density at radius 3 is 2.41 bits per heavy atom. The molecule has 0 heterocycles. The summed E-state index contributed by atoms with van der Waals surface area (Å²) in [6, 6.07) is 6.23. The first kappa shape index (κ1) is 20.8. The van der Waals surface area contributed by atoms with Gasteiger partial charge in [0.2, 0.25) is 0 Å². The quantitative estimate of drug-likeness (QED) is 0.314. The maximum atomic E-state index is 12.0. The van der Waals surface area contributed by atoms with Crippen LogP contribution in [-0.4, -0.2) is 30.5 Å². The lowest BCUT2D eigenvalue weighted by molar-refractivity contribution is -0.385. The van der Waals surface area contributed by atoms with E-state index in [4.69, 9.17) is 44.3 Å². The van der Waals surface area contributed by atoms with Crippen molar-refractivity contribution < 1.29 is 24.0 Å². The molecule has 0 spiro atoms. The largest absolute Gasteiger partial charge is 0.490 e. The number of ether oxygens (including phenoxy) is 2. The number of benzene rings is 2. The van der Waals surface area contributed by atoms with Gasteiger partial charge in [-0.15, -0.1) is 0 Å². The number of nitrogens with one attached hydrogen (secondary N) is 1. The van der Waals surface area contributed by atoms with Gasteiger partial charge in [0.05, 0.1) is 38.4 Å². The number of carbonyl (C=O) groups excluding carboxylic acids is 2. The molecule has 8 nitrogen and oxygen atoms in total. The van der Waals surface area contributed by atoms with Gasteiger partial charge in [0.25, 0.3) is 5.91 Å². The summed E-state index contributed by atoms with van der Waals surface area (Å²) in [7, 11) is 1.26. The topological polar surface area (TPSA) is 108 Å². The van der Waals surface area contributed by atoms with Crippen molar-refractivity contribution in [2.45, 2.75) is 0 Å². The Hall–Kier alpha value is -2.55. The number of methoxy groups -OCH3 is 1. The first-order valence-electron chi connectivity index (χ1n) is 7.17. The van der Waals surface area contributed by atoms with E-state index in [1.807, 2.05) is 0 Å². The summed E-state index contributed by atoms with van der Waals surface area (Å²) in [4.78, 5) is 34.2. The molecule has 0 aliphatic carbocycles. The van der Waals surface area contributed by atoms with Crippen LogP contribution in [0.15, 0.2) is 30.3 Å². The zero-order valence-corrected chi connectivity index (χ0v) is 15.9. The molecule has 2 rings (SSSR count). The zero-order chi connectivity index (χ0) is 20.1. The van der Waals surface area contributed by atoms with E-state index in [9.17, 15) is 19.7 Å². The Bertz CT molecular complexity index is 919. The number of halogens is 3. The zero-order valence-electron chi connectivity index (χ0n) is 13.6. The SMILES string of the molecule is COc1ccc(C(=O)OCC(=O)Nc2cc(Cl)c(Cl)cc2Cl)cc1[N+](=O)[O-]. The molecule has 2 aromatic carbocycles. The van der Waals surface area contributed by atoms with E-state index in [2.05, 4.69) is 5.32 Å². The summed E-state index contributed by atoms with van der Waals surface area (Å²) < 4.78 is 9.69. The van der Waals surface area contributed by atoms with Crippen LogP contribution in [0, 0.1) is 10.1 Å². The van der Waals surface area contributed by atoms with Gasteiger partial charge in [0.1, 0.15) is 0 Å².